The van der Waals surface area contributed by atoms with E-state index in [1.807, 2.05) is 13.8 Å². The molecule has 0 unspecified atom stereocenters. The Morgan fingerprint density at radius 1 is 1.32 bits per heavy atom. The van der Waals surface area contributed by atoms with Gasteiger partial charge in [0.15, 0.2) is 0 Å². The van der Waals surface area contributed by atoms with Gasteiger partial charge >= 0.3 is 5.97 Å². The van der Waals surface area contributed by atoms with E-state index < -0.39 is 16.1 Å². The van der Waals surface area contributed by atoms with Crippen LogP contribution in [0.25, 0.3) is 0 Å². The average Bonchev–Trinajstić information content (AvgIpc) is 2.31. The quantitative estimate of drug-likeness (QED) is 0.207. The first-order valence-corrected chi connectivity index (χ1v) is 7.85. The lowest BCUT2D eigenvalue weighted by Crippen LogP contribution is -2.50. The van der Waals surface area contributed by atoms with Crippen molar-refractivity contribution >= 4 is 16.1 Å². The van der Waals surface area contributed by atoms with Gasteiger partial charge in [-0.05, 0) is 20.8 Å². The fourth-order valence-electron chi connectivity index (χ4n) is 1.68. The van der Waals surface area contributed by atoms with Gasteiger partial charge in [0.25, 0.3) is 0 Å². The third kappa shape index (κ3) is 7.29. The zero-order valence-electron chi connectivity index (χ0n) is 11.8. The highest BCUT2D eigenvalue weighted by atomic mass is 32.2. The summed E-state index contributed by atoms with van der Waals surface area (Å²) in [5.41, 5.74) is 0.326. The smallest absolute Gasteiger partial charge is 0.337 e. The minimum absolute atomic E-state index is 0.164. The van der Waals surface area contributed by atoms with E-state index in [0.29, 0.717) is 29.7 Å². The lowest BCUT2D eigenvalue weighted by molar-refractivity contribution is -0.940. The number of rotatable bonds is 9. The molecule has 19 heavy (non-hydrogen) atoms. The molecule has 0 atom stereocenters. The van der Waals surface area contributed by atoms with Crippen molar-refractivity contribution < 1.29 is 27.0 Å². The SMILES string of the molecule is C=C(C)C(=O)OC[N+](CC)(CC)CCCS(=O)(=O)[O-]. The van der Waals surface area contributed by atoms with E-state index in [2.05, 4.69) is 6.58 Å². The van der Waals surface area contributed by atoms with E-state index in [-0.39, 0.29) is 18.9 Å². The van der Waals surface area contributed by atoms with E-state index in [1.165, 1.54) is 0 Å². The van der Waals surface area contributed by atoms with Crippen molar-refractivity contribution in [3.05, 3.63) is 12.2 Å². The molecule has 0 aliphatic heterocycles. The van der Waals surface area contributed by atoms with Crippen LogP contribution in [0, 0.1) is 0 Å². The van der Waals surface area contributed by atoms with Crippen molar-refractivity contribution in [2.75, 3.05) is 32.1 Å². The monoisotopic (exact) mass is 293 g/mol. The summed E-state index contributed by atoms with van der Waals surface area (Å²) in [6.45, 7) is 11.0. The zero-order chi connectivity index (χ0) is 15.1. The molecular formula is C12H23NO5S. The van der Waals surface area contributed by atoms with Crippen LogP contribution >= 0.6 is 0 Å². The van der Waals surface area contributed by atoms with E-state index in [1.54, 1.807) is 6.92 Å². The second-order valence-electron chi connectivity index (χ2n) is 4.65. The maximum atomic E-state index is 11.4. The van der Waals surface area contributed by atoms with Gasteiger partial charge in [-0.25, -0.2) is 13.2 Å². The summed E-state index contributed by atoms with van der Waals surface area (Å²) in [5.74, 6) is -0.845. The summed E-state index contributed by atoms with van der Waals surface area (Å²) in [7, 11) is -4.19. The fourth-order valence-corrected chi connectivity index (χ4v) is 2.17. The number of quaternary nitrogens is 1. The number of ether oxygens (including phenoxy) is 1. The second-order valence-corrected chi connectivity index (χ2v) is 6.18. The molecule has 0 bridgehead atoms. The Morgan fingerprint density at radius 2 is 1.84 bits per heavy atom. The maximum absolute atomic E-state index is 11.4. The van der Waals surface area contributed by atoms with Crippen LogP contribution in [0.5, 0.6) is 0 Å². The maximum Gasteiger partial charge on any atom is 0.337 e. The summed E-state index contributed by atoms with van der Waals surface area (Å²) in [6, 6.07) is 0. The molecule has 0 amide bonds. The van der Waals surface area contributed by atoms with Gasteiger partial charge in [0, 0.05) is 17.7 Å². The van der Waals surface area contributed by atoms with Gasteiger partial charge in [-0.3, -0.25) is 4.48 Å². The van der Waals surface area contributed by atoms with Crippen LogP contribution in [-0.4, -0.2) is 55.5 Å². The van der Waals surface area contributed by atoms with Gasteiger partial charge in [-0.15, -0.1) is 0 Å². The van der Waals surface area contributed by atoms with Gasteiger partial charge in [0.2, 0.25) is 6.73 Å². The van der Waals surface area contributed by atoms with Gasteiger partial charge in [0.05, 0.1) is 29.8 Å². The van der Waals surface area contributed by atoms with Gasteiger partial charge in [0.1, 0.15) is 0 Å². The molecule has 0 radical (unpaired) electrons. The topological polar surface area (TPSA) is 83.5 Å². The highest BCUT2D eigenvalue weighted by Gasteiger charge is 2.25. The summed E-state index contributed by atoms with van der Waals surface area (Å²) < 4.78 is 37.3. The molecule has 0 saturated heterocycles. The van der Waals surface area contributed by atoms with Crippen molar-refractivity contribution in [1.29, 1.82) is 0 Å². The third-order valence-electron chi connectivity index (χ3n) is 3.19. The fraction of sp³-hybridized carbons (Fsp3) is 0.750. The molecule has 0 aliphatic carbocycles. The molecule has 0 aromatic heterocycles. The first kappa shape index (κ1) is 18.1. The molecule has 0 saturated carbocycles. The van der Waals surface area contributed by atoms with Crippen LogP contribution in [0.2, 0.25) is 0 Å². The van der Waals surface area contributed by atoms with Crippen LogP contribution in [0.15, 0.2) is 12.2 Å². The first-order chi connectivity index (χ1) is 8.66. The molecule has 7 heteroatoms. The Morgan fingerprint density at radius 3 is 2.21 bits per heavy atom. The van der Waals surface area contributed by atoms with Crippen LogP contribution in [0.3, 0.4) is 0 Å². The third-order valence-corrected chi connectivity index (χ3v) is 3.98. The van der Waals surface area contributed by atoms with Gasteiger partial charge in [-0.1, -0.05) is 6.58 Å². The van der Waals surface area contributed by atoms with Crippen molar-refractivity contribution in [3.63, 3.8) is 0 Å². The minimum Gasteiger partial charge on any atom is -0.748 e. The Labute approximate surface area is 115 Å². The molecule has 0 heterocycles. The van der Waals surface area contributed by atoms with Gasteiger partial charge < -0.3 is 9.29 Å². The predicted octanol–water partition coefficient (Wildman–Crippen LogP) is 0.855. The zero-order valence-corrected chi connectivity index (χ0v) is 12.7. The van der Waals surface area contributed by atoms with Crippen molar-refractivity contribution in [2.45, 2.75) is 27.2 Å². The highest BCUT2D eigenvalue weighted by molar-refractivity contribution is 7.85. The number of nitrogens with zero attached hydrogens (tertiary/aromatic N) is 1. The number of carbonyl (C=O) groups is 1. The van der Waals surface area contributed by atoms with E-state index >= 15 is 0 Å². The molecular weight excluding hydrogens is 270 g/mol. The van der Waals surface area contributed by atoms with Crippen molar-refractivity contribution in [1.82, 2.24) is 0 Å². The van der Waals surface area contributed by atoms with E-state index in [9.17, 15) is 17.8 Å². The molecule has 0 rings (SSSR count). The van der Waals surface area contributed by atoms with Crippen LogP contribution < -0.4 is 0 Å². The predicted molar refractivity (Wildman–Crippen MR) is 71.2 cm³/mol. The Hall–Kier alpha value is -0.920. The summed E-state index contributed by atoms with van der Waals surface area (Å²) >= 11 is 0. The number of hydrogen-bond donors (Lipinski definition) is 0. The van der Waals surface area contributed by atoms with Gasteiger partial charge in [-0.2, -0.15) is 0 Å². The summed E-state index contributed by atoms with van der Waals surface area (Å²) in [4.78, 5) is 11.4. The lowest BCUT2D eigenvalue weighted by atomic mass is 10.3. The molecule has 0 aromatic carbocycles. The van der Waals surface area contributed by atoms with E-state index in [0.717, 1.165) is 0 Å². The van der Waals surface area contributed by atoms with Crippen molar-refractivity contribution in [3.8, 4) is 0 Å². The highest BCUT2D eigenvalue weighted by Crippen LogP contribution is 2.10. The normalized spacial score (nSPS) is 12.2. The number of esters is 1. The molecule has 0 fully saturated rings. The molecule has 0 aliphatic rings. The van der Waals surface area contributed by atoms with Crippen LogP contribution in [0.1, 0.15) is 27.2 Å². The molecule has 112 valence electrons. The first-order valence-electron chi connectivity index (χ1n) is 6.27. The Kier molecular flexibility index (Phi) is 7.25. The molecule has 0 aromatic rings. The largest absolute Gasteiger partial charge is 0.748 e. The molecule has 0 spiro atoms. The number of hydrogen-bond acceptors (Lipinski definition) is 5. The molecule has 0 N–H and O–H groups in total. The van der Waals surface area contributed by atoms with Crippen LogP contribution in [0.4, 0.5) is 0 Å². The van der Waals surface area contributed by atoms with E-state index in [4.69, 9.17) is 4.74 Å². The number of carbonyl (C=O) groups excluding carboxylic acids is 1. The standard InChI is InChI=1S/C12H23NO5S/c1-5-13(6-2,8-7-9-19(15,16)17)10-18-12(14)11(3)4/h3,5-10H2,1-2,4H3. The second kappa shape index (κ2) is 7.62. The summed E-state index contributed by atoms with van der Waals surface area (Å²) in [6.07, 6.45) is 0.262. The van der Waals surface area contributed by atoms with Crippen LogP contribution in [-0.2, 0) is 19.6 Å². The Bertz CT molecular complexity index is 412. The Balaban J connectivity index is 4.49. The summed E-state index contributed by atoms with van der Waals surface area (Å²) in [5, 5.41) is 0. The van der Waals surface area contributed by atoms with Crippen molar-refractivity contribution in [2.24, 2.45) is 0 Å². The minimum atomic E-state index is -4.19. The molecule has 6 nitrogen and oxygen atoms in total. The lowest BCUT2D eigenvalue weighted by Gasteiger charge is -2.35. The average molecular weight is 293 g/mol.